The molecular formula is C16H19N5O2S. The number of hydrogen-bond acceptors (Lipinski definition) is 7. The molecule has 0 saturated carbocycles. The summed E-state index contributed by atoms with van der Waals surface area (Å²) in [6.07, 6.45) is 8.02. The Balaban J connectivity index is 1.65. The molecule has 0 bridgehead atoms. The third kappa shape index (κ3) is 2.83. The van der Waals surface area contributed by atoms with Crippen LogP contribution in [-0.4, -0.2) is 40.1 Å². The Labute approximate surface area is 143 Å². The zero-order chi connectivity index (χ0) is 16.5. The molecular weight excluding hydrogens is 326 g/mol. The maximum absolute atomic E-state index is 5.88. The second-order valence-corrected chi connectivity index (χ2v) is 6.98. The number of ether oxygens (including phenoxy) is 2. The number of fused-ring (bicyclic) bond motifs is 1. The lowest BCUT2D eigenvalue weighted by Gasteiger charge is -2.21. The van der Waals surface area contributed by atoms with Crippen molar-refractivity contribution in [1.82, 2.24) is 19.7 Å². The minimum atomic E-state index is 0.494. The predicted molar refractivity (Wildman–Crippen MR) is 93.1 cm³/mol. The first-order valence-corrected chi connectivity index (χ1v) is 8.76. The Morgan fingerprint density at radius 2 is 2.38 bits per heavy atom. The molecule has 0 amide bonds. The highest BCUT2D eigenvalue weighted by molar-refractivity contribution is 7.22. The number of nitrogen functional groups attached to an aromatic ring is 1. The highest BCUT2D eigenvalue weighted by Gasteiger charge is 2.18. The van der Waals surface area contributed by atoms with E-state index in [1.54, 1.807) is 13.3 Å². The summed E-state index contributed by atoms with van der Waals surface area (Å²) in [5.41, 5.74) is 8.57. The average molecular weight is 345 g/mol. The summed E-state index contributed by atoms with van der Waals surface area (Å²) < 4.78 is 13.8. The number of hydrogen-bond donors (Lipinski definition) is 1. The molecule has 4 rings (SSSR count). The Morgan fingerprint density at radius 3 is 3.17 bits per heavy atom. The topological polar surface area (TPSA) is 88.1 Å². The van der Waals surface area contributed by atoms with Crippen molar-refractivity contribution in [1.29, 1.82) is 0 Å². The Bertz CT molecular complexity index is 853. The average Bonchev–Trinajstić information content (AvgIpc) is 3.21. The molecule has 0 spiro atoms. The van der Waals surface area contributed by atoms with Crippen molar-refractivity contribution in [3.63, 3.8) is 0 Å². The quantitative estimate of drug-likeness (QED) is 0.782. The van der Waals surface area contributed by atoms with Gasteiger partial charge in [0.05, 0.1) is 24.6 Å². The molecule has 0 unspecified atom stereocenters. The van der Waals surface area contributed by atoms with Crippen LogP contribution in [-0.2, 0) is 11.3 Å². The number of nitrogens with zero attached hydrogens (tertiary/aromatic N) is 4. The molecule has 24 heavy (non-hydrogen) atoms. The second-order valence-electron chi connectivity index (χ2n) is 5.95. The van der Waals surface area contributed by atoms with Crippen LogP contribution >= 0.6 is 11.3 Å². The lowest BCUT2D eigenvalue weighted by atomic mass is 10.0. The number of aromatic nitrogens is 4. The summed E-state index contributed by atoms with van der Waals surface area (Å²) in [6, 6.07) is 0. The minimum Gasteiger partial charge on any atom is -0.479 e. The van der Waals surface area contributed by atoms with Gasteiger partial charge in [0.1, 0.15) is 5.52 Å². The fourth-order valence-corrected chi connectivity index (χ4v) is 3.94. The highest BCUT2D eigenvalue weighted by Crippen LogP contribution is 2.37. The van der Waals surface area contributed by atoms with E-state index in [9.17, 15) is 0 Å². The van der Waals surface area contributed by atoms with Crippen molar-refractivity contribution in [2.45, 2.75) is 19.4 Å². The van der Waals surface area contributed by atoms with Crippen LogP contribution < -0.4 is 10.5 Å². The van der Waals surface area contributed by atoms with Gasteiger partial charge in [0.15, 0.2) is 5.13 Å². The number of pyridine rings is 1. The highest BCUT2D eigenvalue weighted by atomic mass is 32.1. The van der Waals surface area contributed by atoms with Crippen molar-refractivity contribution in [2.24, 2.45) is 5.92 Å². The van der Waals surface area contributed by atoms with E-state index in [2.05, 4.69) is 15.1 Å². The van der Waals surface area contributed by atoms with E-state index in [1.807, 2.05) is 17.1 Å². The maximum atomic E-state index is 5.88. The number of nitrogens with two attached hydrogens (primary N) is 1. The van der Waals surface area contributed by atoms with Crippen molar-refractivity contribution >= 4 is 26.7 Å². The molecule has 0 aliphatic carbocycles. The van der Waals surface area contributed by atoms with Crippen LogP contribution in [0.5, 0.6) is 5.88 Å². The minimum absolute atomic E-state index is 0.494. The molecule has 0 aromatic carbocycles. The van der Waals surface area contributed by atoms with Gasteiger partial charge in [-0.05, 0) is 12.8 Å². The molecule has 1 fully saturated rings. The zero-order valence-electron chi connectivity index (χ0n) is 13.4. The lowest BCUT2D eigenvalue weighted by Crippen LogP contribution is -2.22. The summed E-state index contributed by atoms with van der Waals surface area (Å²) in [5, 5.41) is 5.00. The first-order chi connectivity index (χ1) is 11.7. The molecule has 1 atom stereocenters. The van der Waals surface area contributed by atoms with E-state index < -0.39 is 0 Å². The number of methoxy groups -OCH3 is 1. The molecule has 3 aromatic heterocycles. The van der Waals surface area contributed by atoms with E-state index in [-0.39, 0.29) is 0 Å². The van der Waals surface area contributed by atoms with Gasteiger partial charge in [0.2, 0.25) is 5.88 Å². The Hall–Kier alpha value is -2.19. The van der Waals surface area contributed by atoms with Gasteiger partial charge in [-0.3, -0.25) is 4.68 Å². The van der Waals surface area contributed by atoms with Crippen molar-refractivity contribution in [2.75, 3.05) is 26.1 Å². The normalized spacial score (nSPS) is 18.1. The summed E-state index contributed by atoms with van der Waals surface area (Å²) in [5.74, 6) is 1.02. The van der Waals surface area contributed by atoms with Gasteiger partial charge in [0.25, 0.3) is 0 Å². The lowest BCUT2D eigenvalue weighted by molar-refractivity contribution is 0.0470. The largest absolute Gasteiger partial charge is 0.479 e. The predicted octanol–water partition coefficient (Wildman–Crippen LogP) is 2.57. The fraction of sp³-hybridized carbons (Fsp3) is 0.438. The van der Waals surface area contributed by atoms with Crippen molar-refractivity contribution in [3.05, 3.63) is 18.6 Å². The Kier molecular flexibility index (Phi) is 4.07. The van der Waals surface area contributed by atoms with Crippen LogP contribution in [0.25, 0.3) is 21.3 Å². The van der Waals surface area contributed by atoms with Gasteiger partial charge in [-0.15, -0.1) is 0 Å². The molecule has 126 valence electrons. The van der Waals surface area contributed by atoms with Crippen LogP contribution in [0.4, 0.5) is 5.13 Å². The Morgan fingerprint density at radius 1 is 1.46 bits per heavy atom. The molecule has 7 nitrogen and oxygen atoms in total. The maximum Gasteiger partial charge on any atom is 0.241 e. The van der Waals surface area contributed by atoms with Crippen molar-refractivity contribution < 1.29 is 9.47 Å². The van der Waals surface area contributed by atoms with Crippen LogP contribution in [0.1, 0.15) is 12.8 Å². The third-order valence-electron chi connectivity index (χ3n) is 4.24. The molecule has 3 aromatic rings. The first kappa shape index (κ1) is 15.3. The summed E-state index contributed by atoms with van der Waals surface area (Å²) in [7, 11) is 1.58. The number of rotatable bonds is 4. The van der Waals surface area contributed by atoms with Gasteiger partial charge in [0, 0.05) is 42.6 Å². The summed E-state index contributed by atoms with van der Waals surface area (Å²) in [4.78, 5) is 8.68. The van der Waals surface area contributed by atoms with E-state index in [0.29, 0.717) is 22.4 Å². The van der Waals surface area contributed by atoms with Crippen LogP contribution in [0.2, 0.25) is 0 Å². The standard InChI is InChI=1S/C16H19N5O2S/c1-22-15-13-14(24-16(17)20-13)12(6-18-15)11-5-19-21(8-11)7-10-3-2-4-23-9-10/h5-6,8,10H,2-4,7,9H2,1H3,(H2,17,20)/t10-/m1/s1. The number of thiazole rings is 1. The molecule has 1 aliphatic rings. The molecule has 4 heterocycles. The fourth-order valence-electron chi connectivity index (χ4n) is 3.08. The van der Waals surface area contributed by atoms with Crippen LogP contribution in [0.15, 0.2) is 18.6 Å². The van der Waals surface area contributed by atoms with E-state index >= 15 is 0 Å². The van der Waals surface area contributed by atoms with E-state index in [4.69, 9.17) is 15.2 Å². The molecule has 1 saturated heterocycles. The van der Waals surface area contributed by atoms with Gasteiger partial charge in [-0.1, -0.05) is 11.3 Å². The third-order valence-corrected chi connectivity index (χ3v) is 5.16. The van der Waals surface area contributed by atoms with Gasteiger partial charge in [-0.2, -0.15) is 5.10 Å². The molecule has 0 radical (unpaired) electrons. The summed E-state index contributed by atoms with van der Waals surface area (Å²) in [6.45, 7) is 2.57. The van der Waals surface area contributed by atoms with Crippen LogP contribution in [0, 0.1) is 5.92 Å². The van der Waals surface area contributed by atoms with Crippen LogP contribution in [0.3, 0.4) is 0 Å². The first-order valence-electron chi connectivity index (χ1n) is 7.94. The second kappa shape index (κ2) is 6.37. The van der Waals surface area contributed by atoms with Gasteiger partial charge < -0.3 is 15.2 Å². The monoisotopic (exact) mass is 345 g/mol. The van der Waals surface area contributed by atoms with Crippen molar-refractivity contribution in [3.8, 4) is 17.0 Å². The number of anilines is 1. The molecule has 1 aliphatic heterocycles. The van der Waals surface area contributed by atoms with E-state index in [0.717, 1.165) is 42.0 Å². The summed E-state index contributed by atoms with van der Waals surface area (Å²) >= 11 is 1.44. The van der Waals surface area contributed by atoms with Gasteiger partial charge >= 0.3 is 0 Å². The SMILES string of the molecule is COc1ncc(-c2cnn(C[C@H]3CCCOC3)c2)c2sc(N)nc12. The smallest absolute Gasteiger partial charge is 0.241 e. The molecule has 8 heteroatoms. The van der Waals surface area contributed by atoms with Gasteiger partial charge in [-0.25, -0.2) is 9.97 Å². The zero-order valence-corrected chi connectivity index (χ0v) is 14.3. The molecule has 2 N–H and O–H groups in total. The van der Waals surface area contributed by atoms with E-state index in [1.165, 1.54) is 17.8 Å².